The molecule has 0 saturated carbocycles. The van der Waals surface area contributed by atoms with Gasteiger partial charge in [0.1, 0.15) is 0 Å². The summed E-state index contributed by atoms with van der Waals surface area (Å²) >= 11 is 5.69. The van der Waals surface area contributed by atoms with Gasteiger partial charge in [-0.1, -0.05) is 41.0 Å². The Hall–Kier alpha value is -2.67. The Kier molecular flexibility index (Phi) is 4.01. The van der Waals surface area contributed by atoms with Crippen molar-refractivity contribution in [2.24, 2.45) is 0 Å². The van der Waals surface area contributed by atoms with Crippen molar-refractivity contribution in [3.8, 4) is 11.4 Å². The molecule has 2 heterocycles. The average molecular weight is 359 g/mol. The summed E-state index contributed by atoms with van der Waals surface area (Å²) in [5, 5.41) is 10.6. The first kappa shape index (κ1) is 15.8. The highest BCUT2D eigenvalue weighted by Gasteiger charge is 2.26. The van der Waals surface area contributed by atoms with E-state index in [1.54, 1.807) is 0 Å². The Bertz CT molecular complexity index is 934. The SMILES string of the molecule is CCc1nc(-c2ccc3c(c2)CCC3NC(=O)c2cc(Cl)no2)no1. The molecular weight excluding hydrogens is 344 g/mol. The first-order valence-electron chi connectivity index (χ1n) is 8.03. The molecule has 25 heavy (non-hydrogen) atoms. The molecule has 4 rings (SSSR count). The number of aromatic nitrogens is 3. The van der Waals surface area contributed by atoms with Gasteiger partial charge in [-0.15, -0.1) is 0 Å². The summed E-state index contributed by atoms with van der Waals surface area (Å²) in [7, 11) is 0. The number of nitrogens with zero attached hydrogens (tertiary/aromatic N) is 3. The molecule has 1 atom stereocenters. The molecule has 1 aromatic carbocycles. The second-order valence-corrected chi connectivity index (χ2v) is 6.24. The van der Waals surface area contributed by atoms with Gasteiger partial charge in [0.2, 0.25) is 17.5 Å². The number of carbonyl (C=O) groups is 1. The van der Waals surface area contributed by atoms with Gasteiger partial charge in [-0.3, -0.25) is 4.79 Å². The van der Waals surface area contributed by atoms with E-state index in [0.29, 0.717) is 18.1 Å². The van der Waals surface area contributed by atoms with Gasteiger partial charge in [0.05, 0.1) is 6.04 Å². The van der Waals surface area contributed by atoms with E-state index in [9.17, 15) is 4.79 Å². The molecule has 128 valence electrons. The molecule has 0 radical (unpaired) electrons. The zero-order valence-corrected chi connectivity index (χ0v) is 14.2. The summed E-state index contributed by atoms with van der Waals surface area (Å²) in [5.41, 5.74) is 3.17. The second kappa shape index (κ2) is 6.33. The third-order valence-electron chi connectivity index (χ3n) is 4.26. The monoisotopic (exact) mass is 358 g/mol. The third kappa shape index (κ3) is 3.02. The van der Waals surface area contributed by atoms with Crippen LogP contribution in [-0.4, -0.2) is 21.2 Å². The van der Waals surface area contributed by atoms with Crippen LogP contribution in [0.15, 0.2) is 33.3 Å². The number of fused-ring (bicyclic) bond motifs is 1. The molecule has 2 aromatic heterocycles. The van der Waals surface area contributed by atoms with Crippen molar-refractivity contribution in [2.45, 2.75) is 32.2 Å². The summed E-state index contributed by atoms with van der Waals surface area (Å²) in [6.07, 6.45) is 2.39. The highest BCUT2D eigenvalue weighted by Crippen LogP contribution is 2.34. The van der Waals surface area contributed by atoms with Gasteiger partial charge < -0.3 is 14.4 Å². The second-order valence-electron chi connectivity index (χ2n) is 5.86. The fraction of sp³-hybridized carbons (Fsp3) is 0.294. The van der Waals surface area contributed by atoms with E-state index in [1.165, 1.54) is 11.6 Å². The molecule has 7 nitrogen and oxygen atoms in total. The largest absolute Gasteiger partial charge is 0.349 e. The molecular formula is C17H15ClN4O3. The Labute approximate surface area is 148 Å². The van der Waals surface area contributed by atoms with Gasteiger partial charge in [0.25, 0.3) is 5.91 Å². The summed E-state index contributed by atoms with van der Waals surface area (Å²) in [5.74, 6) is 0.982. The number of hydrogen-bond acceptors (Lipinski definition) is 6. The zero-order chi connectivity index (χ0) is 17.4. The third-order valence-corrected chi connectivity index (χ3v) is 4.44. The summed E-state index contributed by atoms with van der Waals surface area (Å²) in [6.45, 7) is 1.97. The molecule has 0 aliphatic heterocycles. The number of hydrogen-bond donors (Lipinski definition) is 1. The van der Waals surface area contributed by atoms with Gasteiger partial charge in [0.15, 0.2) is 5.15 Å². The average Bonchev–Trinajstić information content (AvgIpc) is 3.34. The van der Waals surface area contributed by atoms with Crippen LogP contribution >= 0.6 is 11.6 Å². The highest BCUT2D eigenvalue weighted by molar-refractivity contribution is 6.29. The number of carbonyl (C=O) groups excluding carboxylic acids is 1. The van der Waals surface area contributed by atoms with Crippen molar-refractivity contribution in [1.82, 2.24) is 20.6 Å². The first-order chi connectivity index (χ1) is 12.1. The molecule has 1 aliphatic rings. The van der Waals surface area contributed by atoms with Crippen LogP contribution < -0.4 is 5.32 Å². The summed E-state index contributed by atoms with van der Waals surface area (Å²) in [4.78, 5) is 16.6. The van der Waals surface area contributed by atoms with E-state index in [2.05, 4.69) is 26.7 Å². The van der Waals surface area contributed by atoms with Gasteiger partial charge in [-0.2, -0.15) is 4.98 Å². The molecule has 3 aromatic rings. The smallest absolute Gasteiger partial charge is 0.290 e. The molecule has 0 bridgehead atoms. The van der Waals surface area contributed by atoms with E-state index in [1.807, 2.05) is 19.1 Å². The number of aryl methyl sites for hydroxylation is 2. The van der Waals surface area contributed by atoms with E-state index in [0.717, 1.165) is 24.0 Å². The van der Waals surface area contributed by atoms with E-state index >= 15 is 0 Å². The van der Waals surface area contributed by atoms with Crippen molar-refractivity contribution in [3.05, 3.63) is 52.2 Å². The molecule has 1 aliphatic carbocycles. The topological polar surface area (TPSA) is 94.1 Å². The zero-order valence-electron chi connectivity index (χ0n) is 13.5. The Morgan fingerprint density at radius 2 is 2.20 bits per heavy atom. The Morgan fingerprint density at radius 1 is 1.32 bits per heavy atom. The molecule has 0 fully saturated rings. The van der Waals surface area contributed by atoms with Crippen molar-refractivity contribution in [3.63, 3.8) is 0 Å². The van der Waals surface area contributed by atoms with Crippen LogP contribution in [0.1, 0.15) is 47.0 Å². The minimum Gasteiger partial charge on any atom is -0.349 e. The van der Waals surface area contributed by atoms with Crippen LogP contribution in [0.2, 0.25) is 5.15 Å². The van der Waals surface area contributed by atoms with Gasteiger partial charge >= 0.3 is 0 Å². The van der Waals surface area contributed by atoms with Gasteiger partial charge in [-0.05, 0) is 30.0 Å². The number of rotatable bonds is 4. The normalized spacial score (nSPS) is 16.0. The number of benzene rings is 1. The van der Waals surface area contributed by atoms with Crippen LogP contribution in [0, 0.1) is 0 Å². The fourth-order valence-corrected chi connectivity index (χ4v) is 3.15. The lowest BCUT2D eigenvalue weighted by atomic mass is 10.0. The lowest BCUT2D eigenvalue weighted by Gasteiger charge is -2.13. The Balaban J connectivity index is 1.54. The van der Waals surface area contributed by atoms with Gasteiger partial charge in [0, 0.05) is 18.1 Å². The minimum absolute atomic E-state index is 0.0723. The lowest BCUT2D eigenvalue weighted by Crippen LogP contribution is -2.26. The lowest BCUT2D eigenvalue weighted by molar-refractivity contribution is 0.0899. The van der Waals surface area contributed by atoms with Crippen molar-refractivity contribution < 1.29 is 13.8 Å². The maximum absolute atomic E-state index is 12.2. The number of nitrogens with one attached hydrogen (secondary N) is 1. The maximum Gasteiger partial charge on any atom is 0.290 e. The maximum atomic E-state index is 12.2. The predicted octanol–water partition coefficient (Wildman–Crippen LogP) is 3.36. The predicted molar refractivity (Wildman–Crippen MR) is 89.2 cm³/mol. The highest BCUT2D eigenvalue weighted by atomic mass is 35.5. The van der Waals surface area contributed by atoms with Gasteiger partial charge in [-0.25, -0.2) is 0 Å². The first-order valence-corrected chi connectivity index (χ1v) is 8.40. The van der Waals surface area contributed by atoms with Crippen LogP contribution in [0.3, 0.4) is 0 Å². The van der Waals surface area contributed by atoms with Crippen molar-refractivity contribution in [1.29, 1.82) is 0 Å². The molecule has 0 saturated heterocycles. The van der Waals surface area contributed by atoms with E-state index < -0.39 is 0 Å². The van der Waals surface area contributed by atoms with Crippen molar-refractivity contribution in [2.75, 3.05) is 0 Å². The number of halogens is 1. The quantitative estimate of drug-likeness (QED) is 0.768. The van der Waals surface area contributed by atoms with E-state index in [-0.39, 0.29) is 22.9 Å². The van der Waals surface area contributed by atoms with Crippen molar-refractivity contribution >= 4 is 17.5 Å². The molecule has 1 N–H and O–H groups in total. The Morgan fingerprint density at radius 3 is 2.92 bits per heavy atom. The summed E-state index contributed by atoms with van der Waals surface area (Å²) in [6, 6.07) is 7.32. The molecule has 1 unspecified atom stereocenters. The fourth-order valence-electron chi connectivity index (χ4n) is 3.01. The van der Waals surface area contributed by atoms with Crippen LogP contribution in [0.5, 0.6) is 0 Å². The molecule has 0 spiro atoms. The standard InChI is InChI=1S/C17H15ClN4O3/c1-2-15-20-16(22-25-15)10-3-5-11-9(7-10)4-6-12(11)19-17(23)13-8-14(18)21-24-13/h3,5,7-8,12H,2,4,6H2,1H3,(H,19,23). The van der Waals surface area contributed by atoms with Crippen LogP contribution in [-0.2, 0) is 12.8 Å². The molecule has 8 heteroatoms. The molecule has 1 amide bonds. The summed E-state index contributed by atoms with van der Waals surface area (Å²) < 4.78 is 10.1. The number of amides is 1. The van der Waals surface area contributed by atoms with Crippen LogP contribution in [0.25, 0.3) is 11.4 Å². The van der Waals surface area contributed by atoms with E-state index in [4.69, 9.17) is 20.6 Å². The minimum atomic E-state index is -0.327. The van der Waals surface area contributed by atoms with Crippen LogP contribution in [0.4, 0.5) is 0 Å².